The number of hydrogen-bond acceptors (Lipinski definition) is 5. The van der Waals surface area contributed by atoms with Gasteiger partial charge in [0, 0.05) is 5.56 Å². The van der Waals surface area contributed by atoms with Crippen LogP contribution in [0.1, 0.15) is 33.9 Å². The van der Waals surface area contributed by atoms with Gasteiger partial charge in [0.1, 0.15) is 5.01 Å². The third kappa shape index (κ3) is 2.91. The van der Waals surface area contributed by atoms with Crippen LogP contribution in [-0.4, -0.2) is 16.1 Å². The molecule has 1 unspecified atom stereocenters. The molecule has 18 heavy (non-hydrogen) atoms. The van der Waals surface area contributed by atoms with Crippen LogP contribution in [0.25, 0.3) is 0 Å². The average Bonchev–Trinajstić information content (AvgIpc) is 2.78. The normalized spacial score (nSPS) is 12.2. The van der Waals surface area contributed by atoms with Crippen molar-refractivity contribution in [2.45, 2.75) is 19.9 Å². The predicted octanol–water partition coefficient (Wildman–Crippen LogP) is 2.12. The van der Waals surface area contributed by atoms with Crippen molar-refractivity contribution < 1.29 is 4.79 Å². The molecule has 0 spiro atoms. The van der Waals surface area contributed by atoms with Gasteiger partial charge in [-0.2, -0.15) is 0 Å². The molecule has 0 saturated carbocycles. The van der Waals surface area contributed by atoms with Crippen LogP contribution >= 0.6 is 11.3 Å². The van der Waals surface area contributed by atoms with E-state index >= 15 is 0 Å². The Kier molecular flexibility index (Phi) is 3.69. The minimum absolute atomic E-state index is 0.174. The van der Waals surface area contributed by atoms with Crippen LogP contribution in [0.5, 0.6) is 0 Å². The number of anilines is 1. The van der Waals surface area contributed by atoms with E-state index in [-0.39, 0.29) is 11.9 Å². The highest BCUT2D eigenvalue weighted by molar-refractivity contribution is 7.15. The summed E-state index contributed by atoms with van der Waals surface area (Å²) in [4.78, 5) is 11.9. The van der Waals surface area contributed by atoms with Crippen molar-refractivity contribution in [3.63, 3.8) is 0 Å². The van der Waals surface area contributed by atoms with Gasteiger partial charge in [-0.05, 0) is 26.0 Å². The molecular weight excluding hydrogens is 248 g/mol. The van der Waals surface area contributed by atoms with E-state index < -0.39 is 0 Å². The van der Waals surface area contributed by atoms with Crippen molar-refractivity contribution in [3.8, 4) is 0 Å². The van der Waals surface area contributed by atoms with Gasteiger partial charge >= 0.3 is 0 Å². The number of nitrogens with two attached hydrogens (primary N) is 1. The molecule has 2 aromatic rings. The number of rotatable bonds is 3. The maximum absolute atomic E-state index is 11.9. The van der Waals surface area contributed by atoms with Gasteiger partial charge in [-0.25, -0.2) is 0 Å². The number of benzene rings is 1. The second-order valence-corrected chi connectivity index (χ2v) is 5.06. The maximum atomic E-state index is 11.9. The zero-order chi connectivity index (χ0) is 13.1. The van der Waals surface area contributed by atoms with E-state index in [0.29, 0.717) is 15.7 Å². The highest BCUT2D eigenvalue weighted by Crippen LogP contribution is 2.20. The van der Waals surface area contributed by atoms with Crippen LogP contribution in [0.15, 0.2) is 24.3 Å². The van der Waals surface area contributed by atoms with Crippen LogP contribution < -0.4 is 11.1 Å². The second kappa shape index (κ2) is 5.24. The van der Waals surface area contributed by atoms with Crippen molar-refractivity contribution in [2.75, 3.05) is 5.32 Å². The molecule has 1 aromatic heterocycles. The molecule has 94 valence electrons. The van der Waals surface area contributed by atoms with Gasteiger partial charge in [0.15, 0.2) is 0 Å². The molecule has 3 N–H and O–H groups in total. The number of nitrogens with zero attached hydrogens (tertiary/aromatic N) is 2. The Balaban J connectivity index is 2.08. The molecule has 0 bridgehead atoms. The zero-order valence-corrected chi connectivity index (χ0v) is 11.0. The summed E-state index contributed by atoms with van der Waals surface area (Å²) in [6.45, 7) is 3.80. The molecule has 0 aliphatic rings. The van der Waals surface area contributed by atoms with Crippen molar-refractivity contribution >= 4 is 22.4 Å². The molecule has 0 radical (unpaired) electrons. The fourth-order valence-corrected chi connectivity index (χ4v) is 2.03. The molecule has 0 aliphatic carbocycles. The van der Waals surface area contributed by atoms with Crippen LogP contribution in [0, 0.1) is 6.92 Å². The molecular formula is C12H14N4OS. The number of carbonyl (C=O) groups is 1. The Bertz CT molecular complexity index is 547. The predicted molar refractivity (Wildman–Crippen MR) is 71.6 cm³/mol. The van der Waals surface area contributed by atoms with Gasteiger partial charge in [-0.3, -0.25) is 10.1 Å². The number of aryl methyl sites for hydroxylation is 1. The van der Waals surface area contributed by atoms with Crippen LogP contribution in [0.2, 0.25) is 0 Å². The lowest BCUT2D eigenvalue weighted by Crippen LogP contribution is -2.11. The van der Waals surface area contributed by atoms with Crippen molar-refractivity contribution in [1.82, 2.24) is 10.2 Å². The number of amides is 1. The van der Waals surface area contributed by atoms with E-state index in [0.717, 1.165) is 5.56 Å². The first kappa shape index (κ1) is 12.7. The number of carbonyl (C=O) groups excluding carboxylic acids is 1. The Morgan fingerprint density at radius 3 is 2.56 bits per heavy atom. The fraction of sp³-hybridized carbons (Fsp3) is 0.250. The van der Waals surface area contributed by atoms with Gasteiger partial charge in [-0.1, -0.05) is 29.0 Å². The minimum atomic E-state index is -0.192. The maximum Gasteiger partial charge on any atom is 0.257 e. The number of hydrogen-bond donors (Lipinski definition) is 2. The molecule has 0 aliphatic heterocycles. The highest BCUT2D eigenvalue weighted by atomic mass is 32.1. The topological polar surface area (TPSA) is 80.9 Å². The van der Waals surface area contributed by atoms with Gasteiger partial charge in [0.05, 0.1) is 6.04 Å². The summed E-state index contributed by atoms with van der Waals surface area (Å²) < 4.78 is 0. The largest absolute Gasteiger partial charge is 0.322 e. The summed E-state index contributed by atoms with van der Waals surface area (Å²) in [6.07, 6.45) is 0. The molecule has 6 heteroatoms. The monoisotopic (exact) mass is 262 g/mol. The van der Waals surface area contributed by atoms with E-state index in [1.807, 2.05) is 26.0 Å². The Hall–Kier alpha value is -1.79. The fourth-order valence-electron chi connectivity index (χ4n) is 1.34. The first-order valence-corrected chi connectivity index (χ1v) is 6.35. The Morgan fingerprint density at radius 2 is 2.00 bits per heavy atom. The first-order chi connectivity index (χ1) is 8.56. The summed E-state index contributed by atoms with van der Waals surface area (Å²) in [5.41, 5.74) is 7.39. The highest BCUT2D eigenvalue weighted by Gasteiger charge is 2.11. The van der Waals surface area contributed by atoms with E-state index in [4.69, 9.17) is 5.73 Å². The van der Waals surface area contributed by atoms with E-state index in [2.05, 4.69) is 15.5 Å². The lowest BCUT2D eigenvalue weighted by Gasteiger charge is -2.01. The van der Waals surface area contributed by atoms with Gasteiger partial charge in [0.25, 0.3) is 5.91 Å². The van der Waals surface area contributed by atoms with E-state index in [1.165, 1.54) is 11.3 Å². The molecule has 1 aromatic carbocycles. The van der Waals surface area contributed by atoms with Gasteiger partial charge < -0.3 is 5.73 Å². The summed E-state index contributed by atoms with van der Waals surface area (Å²) in [6, 6.07) is 7.16. The van der Waals surface area contributed by atoms with Crippen LogP contribution in [0.3, 0.4) is 0 Å². The number of aromatic nitrogens is 2. The molecule has 0 fully saturated rings. The van der Waals surface area contributed by atoms with Crippen molar-refractivity contribution in [3.05, 3.63) is 40.4 Å². The number of nitrogens with one attached hydrogen (secondary N) is 1. The smallest absolute Gasteiger partial charge is 0.257 e. The van der Waals surface area contributed by atoms with Crippen LogP contribution in [0.4, 0.5) is 5.13 Å². The third-order valence-electron chi connectivity index (χ3n) is 2.36. The molecule has 2 rings (SSSR count). The minimum Gasteiger partial charge on any atom is -0.322 e. The van der Waals surface area contributed by atoms with Crippen LogP contribution in [-0.2, 0) is 0 Å². The summed E-state index contributed by atoms with van der Waals surface area (Å²) in [5, 5.41) is 11.7. The summed E-state index contributed by atoms with van der Waals surface area (Å²) >= 11 is 1.29. The first-order valence-electron chi connectivity index (χ1n) is 5.53. The zero-order valence-electron chi connectivity index (χ0n) is 10.2. The molecule has 1 heterocycles. The summed E-state index contributed by atoms with van der Waals surface area (Å²) in [7, 11) is 0. The second-order valence-electron chi connectivity index (χ2n) is 4.05. The standard InChI is InChI=1S/C12H14N4OS/c1-7-3-5-9(6-4-7)10(17)14-12-16-15-11(18-12)8(2)13/h3-6,8H,13H2,1-2H3,(H,14,16,17). The Morgan fingerprint density at radius 1 is 1.33 bits per heavy atom. The van der Waals surface area contributed by atoms with E-state index in [1.54, 1.807) is 12.1 Å². The van der Waals surface area contributed by atoms with Gasteiger partial charge in [0.2, 0.25) is 5.13 Å². The quantitative estimate of drug-likeness (QED) is 0.887. The molecule has 1 amide bonds. The van der Waals surface area contributed by atoms with Gasteiger partial charge in [-0.15, -0.1) is 10.2 Å². The third-order valence-corrected chi connectivity index (χ3v) is 3.40. The lowest BCUT2D eigenvalue weighted by atomic mass is 10.1. The van der Waals surface area contributed by atoms with Crippen molar-refractivity contribution in [1.29, 1.82) is 0 Å². The average molecular weight is 262 g/mol. The van der Waals surface area contributed by atoms with Crippen molar-refractivity contribution in [2.24, 2.45) is 5.73 Å². The molecule has 0 saturated heterocycles. The Labute approximate surface area is 109 Å². The molecule has 5 nitrogen and oxygen atoms in total. The summed E-state index contributed by atoms with van der Waals surface area (Å²) in [5.74, 6) is -0.192. The lowest BCUT2D eigenvalue weighted by molar-refractivity contribution is 0.102. The molecule has 1 atom stereocenters. The van der Waals surface area contributed by atoms with E-state index in [9.17, 15) is 4.79 Å². The SMILES string of the molecule is Cc1ccc(C(=O)Nc2nnc(C(C)N)s2)cc1.